The smallest absolute Gasteiger partial charge is 0.214 e. The SMILES string of the molecule is C[C@@H]1C[C@H](O)CN(c2cccc(F)n2)C1. The van der Waals surface area contributed by atoms with E-state index in [1.807, 2.05) is 4.90 Å². The summed E-state index contributed by atoms with van der Waals surface area (Å²) in [6.45, 7) is 3.45. The molecule has 2 atom stereocenters. The first kappa shape index (κ1) is 10.4. The van der Waals surface area contributed by atoms with Gasteiger partial charge >= 0.3 is 0 Å². The van der Waals surface area contributed by atoms with Gasteiger partial charge in [0.25, 0.3) is 0 Å². The molecule has 0 radical (unpaired) electrons. The molecule has 1 fully saturated rings. The van der Waals surface area contributed by atoms with Crippen molar-refractivity contribution >= 4 is 5.82 Å². The molecule has 0 amide bonds. The number of aromatic nitrogens is 1. The van der Waals surface area contributed by atoms with Gasteiger partial charge in [0.15, 0.2) is 0 Å². The summed E-state index contributed by atoms with van der Waals surface area (Å²) >= 11 is 0. The number of aliphatic hydroxyl groups is 1. The lowest BCUT2D eigenvalue weighted by Gasteiger charge is -2.34. The van der Waals surface area contributed by atoms with Crippen molar-refractivity contribution in [3.63, 3.8) is 0 Å². The Labute approximate surface area is 88.6 Å². The molecule has 1 aliphatic heterocycles. The van der Waals surface area contributed by atoms with Crippen molar-refractivity contribution < 1.29 is 9.50 Å². The van der Waals surface area contributed by atoms with Crippen LogP contribution in [0, 0.1) is 11.9 Å². The number of hydrogen-bond acceptors (Lipinski definition) is 3. The van der Waals surface area contributed by atoms with Gasteiger partial charge in [-0.15, -0.1) is 0 Å². The predicted octanol–water partition coefficient (Wildman–Crippen LogP) is 1.43. The summed E-state index contributed by atoms with van der Waals surface area (Å²) in [6.07, 6.45) is 0.477. The second kappa shape index (κ2) is 4.14. The maximum absolute atomic E-state index is 12.9. The van der Waals surface area contributed by atoms with E-state index in [1.165, 1.54) is 6.07 Å². The molecular weight excluding hydrogens is 195 g/mol. The second-order valence-electron chi connectivity index (χ2n) is 4.22. The van der Waals surface area contributed by atoms with E-state index in [-0.39, 0.29) is 6.10 Å². The normalized spacial score (nSPS) is 26.7. The molecule has 1 saturated heterocycles. The van der Waals surface area contributed by atoms with Gasteiger partial charge < -0.3 is 10.0 Å². The van der Waals surface area contributed by atoms with Gasteiger partial charge in [0.2, 0.25) is 5.95 Å². The van der Waals surface area contributed by atoms with Crippen LogP contribution in [0.4, 0.5) is 10.2 Å². The van der Waals surface area contributed by atoms with Crippen LogP contribution in [0.5, 0.6) is 0 Å². The Morgan fingerprint density at radius 2 is 2.27 bits per heavy atom. The van der Waals surface area contributed by atoms with Gasteiger partial charge in [-0.05, 0) is 24.5 Å². The molecule has 1 aromatic heterocycles. The molecule has 0 aromatic carbocycles. The average Bonchev–Trinajstić information content (AvgIpc) is 2.16. The number of anilines is 1. The van der Waals surface area contributed by atoms with Gasteiger partial charge in [-0.3, -0.25) is 0 Å². The first-order chi connectivity index (χ1) is 7.15. The second-order valence-corrected chi connectivity index (χ2v) is 4.22. The Bertz CT molecular complexity index is 335. The largest absolute Gasteiger partial charge is 0.391 e. The van der Waals surface area contributed by atoms with Gasteiger partial charge in [0, 0.05) is 13.1 Å². The van der Waals surface area contributed by atoms with Gasteiger partial charge in [-0.1, -0.05) is 13.0 Å². The van der Waals surface area contributed by atoms with Gasteiger partial charge in [-0.2, -0.15) is 4.39 Å². The van der Waals surface area contributed by atoms with E-state index in [2.05, 4.69) is 11.9 Å². The highest BCUT2D eigenvalue weighted by Gasteiger charge is 2.23. The van der Waals surface area contributed by atoms with E-state index in [4.69, 9.17) is 0 Å². The number of aliphatic hydroxyl groups excluding tert-OH is 1. The third-order valence-corrected chi connectivity index (χ3v) is 2.66. The van der Waals surface area contributed by atoms with Crippen molar-refractivity contribution in [1.82, 2.24) is 4.98 Å². The first-order valence-electron chi connectivity index (χ1n) is 5.20. The Kier molecular flexibility index (Phi) is 2.86. The van der Waals surface area contributed by atoms with E-state index in [9.17, 15) is 9.50 Å². The fourth-order valence-electron chi connectivity index (χ4n) is 2.08. The quantitative estimate of drug-likeness (QED) is 0.712. The highest BCUT2D eigenvalue weighted by Crippen LogP contribution is 2.21. The Balaban J connectivity index is 2.16. The zero-order chi connectivity index (χ0) is 10.8. The number of hydrogen-bond donors (Lipinski definition) is 1. The van der Waals surface area contributed by atoms with Crippen molar-refractivity contribution in [2.24, 2.45) is 5.92 Å². The van der Waals surface area contributed by atoms with E-state index >= 15 is 0 Å². The molecule has 2 heterocycles. The Morgan fingerprint density at radius 3 is 2.93 bits per heavy atom. The molecule has 2 rings (SSSR count). The molecule has 1 aliphatic rings. The summed E-state index contributed by atoms with van der Waals surface area (Å²) in [4.78, 5) is 5.75. The van der Waals surface area contributed by atoms with Crippen LogP contribution in [-0.2, 0) is 0 Å². The molecule has 1 aromatic rings. The van der Waals surface area contributed by atoms with E-state index < -0.39 is 5.95 Å². The number of pyridine rings is 1. The van der Waals surface area contributed by atoms with Crippen LogP contribution in [0.3, 0.4) is 0 Å². The number of halogens is 1. The molecular formula is C11H15FN2O. The summed E-state index contributed by atoms with van der Waals surface area (Å²) in [5, 5.41) is 9.62. The summed E-state index contributed by atoms with van der Waals surface area (Å²) in [5.74, 6) is 0.555. The van der Waals surface area contributed by atoms with Crippen LogP contribution in [0.25, 0.3) is 0 Å². The highest BCUT2D eigenvalue weighted by molar-refractivity contribution is 5.38. The van der Waals surface area contributed by atoms with Crippen molar-refractivity contribution in [2.75, 3.05) is 18.0 Å². The summed E-state index contributed by atoms with van der Waals surface area (Å²) in [6, 6.07) is 4.74. The van der Waals surface area contributed by atoms with Crippen molar-refractivity contribution in [1.29, 1.82) is 0 Å². The topological polar surface area (TPSA) is 36.4 Å². The van der Waals surface area contributed by atoms with E-state index in [0.29, 0.717) is 18.3 Å². The molecule has 0 unspecified atom stereocenters. The van der Waals surface area contributed by atoms with Gasteiger partial charge in [0.05, 0.1) is 6.10 Å². The molecule has 4 heteroatoms. The third-order valence-electron chi connectivity index (χ3n) is 2.66. The Hall–Kier alpha value is -1.16. The molecule has 0 spiro atoms. The van der Waals surface area contributed by atoms with Gasteiger partial charge in [-0.25, -0.2) is 4.98 Å². The van der Waals surface area contributed by atoms with E-state index in [1.54, 1.807) is 12.1 Å². The number of piperidine rings is 1. The average molecular weight is 210 g/mol. The molecule has 82 valence electrons. The van der Waals surface area contributed by atoms with Crippen LogP contribution in [0.1, 0.15) is 13.3 Å². The standard InChI is InChI=1S/C11H15FN2O/c1-8-5-9(15)7-14(6-8)11-4-2-3-10(12)13-11/h2-4,8-9,15H,5-7H2,1H3/t8-,9+/m1/s1. The lowest BCUT2D eigenvalue weighted by atomic mass is 9.98. The van der Waals surface area contributed by atoms with Gasteiger partial charge in [0.1, 0.15) is 5.82 Å². The van der Waals surface area contributed by atoms with Crippen LogP contribution >= 0.6 is 0 Å². The highest BCUT2D eigenvalue weighted by atomic mass is 19.1. The minimum absolute atomic E-state index is 0.334. The lowest BCUT2D eigenvalue weighted by Crippen LogP contribution is -2.42. The zero-order valence-corrected chi connectivity index (χ0v) is 8.73. The maximum Gasteiger partial charge on any atom is 0.214 e. The van der Waals surface area contributed by atoms with E-state index in [0.717, 1.165) is 13.0 Å². The number of nitrogens with zero attached hydrogens (tertiary/aromatic N) is 2. The molecule has 0 saturated carbocycles. The molecule has 3 nitrogen and oxygen atoms in total. The maximum atomic E-state index is 12.9. The van der Waals surface area contributed by atoms with Crippen molar-refractivity contribution in [3.05, 3.63) is 24.1 Å². The summed E-state index contributed by atoms with van der Waals surface area (Å²) in [5.41, 5.74) is 0. The molecule has 1 N–H and O–H groups in total. The number of β-amino-alcohol motifs (C(OH)–C–C–N with tert-alkyl or cyclic N) is 1. The predicted molar refractivity (Wildman–Crippen MR) is 56.2 cm³/mol. The van der Waals surface area contributed by atoms with Crippen LogP contribution < -0.4 is 4.90 Å². The summed E-state index contributed by atoms with van der Waals surface area (Å²) in [7, 11) is 0. The monoisotopic (exact) mass is 210 g/mol. The Morgan fingerprint density at radius 1 is 1.47 bits per heavy atom. The minimum atomic E-state index is -0.472. The van der Waals surface area contributed by atoms with Crippen molar-refractivity contribution in [2.45, 2.75) is 19.4 Å². The van der Waals surface area contributed by atoms with Crippen LogP contribution in [0.2, 0.25) is 0 Å². The molecule has 0 aliphatic carbocycles. The fourth-order valence-corrected chi connectivity index (χ4v) is 2.08. The van der Waals surface area contributed by atoms with Crippen LogP contribution in [0.15, 0.2) is 18.2 Å². The van der Waals surface area contributed by atoms with Crippen molar-refractivity contribution in [3.8, 4) is 0 Å². The molecule has 0 bridgehead atoms. The first-order valence-corrected chi connectivity index (χ1v) is 5.20. The number of rotatable bonds is 1. The minimum Gasteiger partial charge on any atom is -0.391 e. The zero-order valence-electron chi connectivity index (χ0n) is 8.73. The lowest BCUT2D eigenvalue weighted by molar-refractivity contribution is 0.132. The third kappa shape index (κ3) is 2.45. The summed E-state index contributed by atoms with van der Waals surface area (Å²) < 4.78 is 12.9. The van der Waals surface area contributed by atoms with Crippen LogP contribution in [-0.4, -0.2) is 29.3 Å². The molecule has 15 heavy (non-hydrogen) atoms. The fraction of sp³-hybridized carbons (Fsp3) is 0.545.